The number of sulfonamides is 1. The van der Waals surface area contributed by atoms with Crippen LogP contribution in [0.4, 0.5) is 5.69 Å². The molecule has 20 heavy (non-hydrogen) atoms. The smallest absolute Gasteiger partial charge is 0.340 e. The highest BCUT2D eigenvalue weighted by atomic mass is 32.2. The normalized spacial score (nSPS) is 11.2. The zero-order chi connectivity index (χ0) is 15.2. The molecule has 0 aliphatic carbocycles. The molecule has 7 heteroatoms. The number of anilines is 1. The lowest BCUT2D eigenvalue weighted by atomic mass is 10.1. The molecule has 1 aromatic rings. The fourth-order valence-corrected chi connectivity index (χ4v) is 2.27. The quantitative estimate of drug-likeness (QED) is 0.590. The van der Waals surface area contributed by atoms with Crippen LogP contribution in [0.15, 0.2) is 23.1 Å². The van der Waals surface area contributed by atoms with Gasteiger partial charge in [-0.25, -0.2) is 18.4 Å². The Labute approximate surface area is 119 Å². The van der Waals surface area contributed by atoms with Crippen molar-refractivity contribution in [2.75, 3.05) is 19.0 Å². The van der Waals surface area contributed by atoms with Gasteiger partial charge in [-0.15, -0.1) is 0 Å². The average Bonchev–Trinajstić information content (AvgIpc) is 2.41. The minimum Gasteiger partial charge on any atom is -0.465 e. The van der Waals surface area contributed by atoms with E-state index in [0.29, 0.717) is 12.2 Å². The number of primary sulfonamides is 1. The standard InChI is InChI=1S/C13H20N2O4S/c1-3-4-5-8-15-12-7-6-10(20(14,17)18)9-11(12)13(16)19-2/h6-7,9,15H,3-5,8H2,1-2H3,(H2,14,17,18). The molecule has 1 rings (SSSR count). The summed E-state index contributed by atoms with van der Waals surface area (Å²) in [5, 5.41) is 8.16. The minimum absolute atomic E-state index is 0.114. The van der Waals surface area contributed by atoms with Crippen LogP contribution in [-0.2, 0) is 14.8 Å². The molecule has 0 radical (unpaired) electrons. The van der Waals surface area contributed by atoms with Crippen molar-refractivity contribution >= 4 is 21.7 Å². The lowest BCUT2D eigenvalue weighted by Gasteiger charge is -2.11. The van der Waals surface area contributed by atoms with Crippen molar-refractivity contribution in [3.05, 3.63) is 23.8 Å². The number of nitrogens with two attached hydrogens (primary N) is 1. The molecule has 0 heterocycles. The SMILES string of the molecule is CCCCCNc1ccc(S(N)(=O)=O)cc1C(=O)OC. The third kappa shape index (κ3) is 4.50. The zero-order valence-corrected chi connectivity index (χ0v) is 12.5. The van der Waals surface area contributed by atoms with E-state index < -0.39 is 16.0 Å². The summed E-state index contributed by atoms with van der Waals surface area (Å²) in [6.45, 7) is 2.80. The Hall–Kier alpha value is -1.60. The number of esters is 1. The molecule has 0 aromatic heterocycles. The molecule has 6 nitrogen and oxygen atoms in total. The third-order valence-corrected chi connectivity index (χ3v) is 3.73. The number of nitrogens with one attached hydrogen (secondary N) is 1. The Balaban J connectivity index is 3.02. The second-order valence-electron chi connectivity index (χ2n) is 4.38. The van der Waals surface area contributed by atoms with Gasteiger partial charge in [0.1, 0.15) is 0 Å². The van der Waals surface area contributed by atoms with Gasteiger partial charge in [0.2, 0.25) is 10.0 Å². The molecule has 0 aliphatic heterocycles. The Morgan fingerprint density at radius 1 is 1.35 bits per heavy atom. The van der Waals surface area contributed by atoms with E-state index in [9.17, 15) is 13.2 Å². The minimum atomic E-state index is -3.85. The van der Waals surface area contributed by atoms with Gasteiger partial charge in [-0.1, -0.05) is 19.8 Å². The molecular weight excluding hydrogens is 280 g/mol. The van der Waals surface area contributed by atoms with Gasteiger partial charge in [0, 0.05) is 12.2 Å². The number of methoxy groups -OCH3 is 1. The number of benzene rings is 1. The van der Waals surface area contributed by atoms with Crippen molar-refractivity contribution < 1.29 is 17.9 Å². The van der Waals surface area contributed by atoms with E-state index in [1.165, 1.54) is 25.3 Å². The first-order chi connectivity index (χ1) is 9.40. The molecule has 0 fully saturated rings. The molecule has 0 atom stereocenters. The highest BCUT2D eigenvalue weighted by Crippen LogP contribution is 2.21. The summed E-state index contributed by atoms with van der Waals surface area (Å²) in [4.78, 5) is 11.6. The Morgan fingerprint density at radius 3 is 2.60 bits per heavy atom. The molecule has 0 spiro atoms. The van der Waals surface area contributed by atoms with Crippen molar-refractivity contribution in [2.45, 2.75) is 31.1 Å². The maximum Gasteiger partial charge on any atom is 0.340 e. The van der Waals surface area contributed by atoms with E-state index in [4.69, 9.17) is 5.14 Å². The molecule has 0 bridgehead atoms. The predicted molar refractivity (Wildman–Crippen MR) is 77.2 cm³/mol. The predicted octanol–water partition coefficient (Wildman–Crippen LogP) is 1.72. The van der Waals surface area contributed by atoms with E-state index in [1.54, 1.807) is 0 Å². The molecule has 0 saturated carbocycles. The van der Waals surface area contributed by atoms with Gasteiger partial charge in [-0.2, -0.15) is 0 Å². The highest BCUT2D eigenvalue weighted by Gasteiger charge is 2.16. The van der Waals surface area contributed by atoms with Crippen LogP contribution in [0.2, 0.25) is 0 Å². The molecule has 3 N–H and O–H groups in total. The fourth-order valence-electron chi connectivity index (χ4n) is 1.73. The van der Waals surface area contributed by atoms with Gasteiger partial charge in [0.15, 0.2) is 0 Å². The lowest BCUT2D eigenvalue weighted by Crippen LogP contribution is -2.15. The second kappa shape index (κ2) is 7.25. The van der Waals surface area contributed by atoms with Crippen molar-refractivity contribution in [1.29, 1.82) is 0 Å². The number of carbonyl (C=O) groups is 1. The molecule has 1 aromatic carbocycles. The first kappa shape index (κ1) is 16.5. The number of unbranched alkanes of at least 4 members (excludes halogenated alkanes) is 2. The fraction of sp³-hybridized carbons (Fsp3) is 0.462. The van der Waals surface area contributed by atoms with Crippen LogP contribution < -0.4 is 10.5 Å². The summed E-state index contributed by atoms with van der Waals surface area (Å²) in [5.74, 6) is -0.603. The largest absolute Gasteiger partial charge is 0.465 e. The van der Waals surface area contributed by atoms with Crippen molar-refractivity contribution in [1.82, 2.24) is 0 Å². The summed E-state index contributed by atoms with van der Waals surface area (Å²) in [7, 11) is -2.61. The maximum atomic E-state index is 11.7. The van der Waals surface area contributed by atoms with Gasteiger partial charge >= 0.3 is 5.97 Å². The Morgan fingerprint density at radius 2 is 2.05 bits per heavy atom. The number of rotatable bonds is 7. The van der Waals surface area contributed by atoms with Crippen LogP contribution >= 0.6 is 0 Å². The molecule has 112 valence electrons. The Bertz CT molecular complexity index is 570. The summed E-state index contributed by atoms with van der Waals surface area (Å²) in [6, 6.07) is 4.12. The van der Waals surface area contributed by atoms with Crippen LogP contribution in [0.25, 0.3) is 0 Å². The summed E-state index contributed by atoms with van der Waals surface area (Å²) in [5.41, 5.74) is 0.705. The van der Waals surface area contributed by atoms with E-state index in [2.05, 4.69) is 17.0 Å². The lowest BCUT2D eigenvalue weighted by molar-refractivity contribution is 0.0601. The van der Waals surface area contributed by atoms with Crippen molar-refractivity contribution in [3.8, 4) is 0 Å². The summed E-state index contributed by atoms with van der Waals surface area (Å²) < 4.78 is 27.3. The van der Waals surface area contributed by atoms with Gasteiger partial charge in [-0.05, 0) is 24.6 Å². The monoisotopic (exact) mass is 300 g/mol. The average molecular weight is 300 g/mol. The molecule has 0 saturated heterocycles. The summed E-state index contributed by atoms with van der Waals surface area (Å²) in [6.07, 6.45) is 3.14. The molecular formula is C13H20N2O4S. The van der Waals surface area contributed by atoms with Crippen LogP contribution in [0, 0.1) is 0 Å². The summed E-state index contributed by atoms with van der Waals surface area (Å²) >= 11 is 0. The van der Waals surface area contributed by atoms with Crippen molar-refractivity contribution in [2.24, 2.45) is 5.14 Å². The zero-order valence-electron chi connectivity index (χ0n) is 11.7. The van der Waals surface area contributed by atoms with E-state index >= 15 is 0 Å². The molecule has 0 aliphatic rings. The molecule has 0 unspecified atom stereocenters. The number of carbonyl (C=O) groups excluding carboxylic acids is 1. The second-order valence-corrected chi connectivity index (χ2v) is 5.94. The number of hydrogen-bond acceptors (Lipinski definition) is 5. The van der Waals surface area contributed by atoms with E-state index in [1.807, 2.05) is 0 Å². The maximum absolute atomic E-state index is 11.7. The van der Waals surface area contributed by atoms with Crippen LogP contribution in [0.3, 0.4) is 0 Å². The first-order valence-corrected chi connectivity index (χ1v) is 7.93. The first-order valence-electron chi connectivity index (χ1n) is 6.39. The topological polar surface area (TPSA) is 98.5 Å². The van der Waals surface area contributed by atoms with Gasteiger partial charge in [0.25, 0.3) is 0 Å². The van der Waals surface area contributed by atoms with Gasteiger partial charge < -0.3 is 10.1 Å². The number of hydrogen-bond donors (Lipinski definition) is 2. The Kier molecular flexibility index (Phi) is 5.97. The number of ether oxygens (including phenoxy) is 1. The van der Waals surface area contributed by atoms with Crippen LogP contribution in [-0.4, -0.2) is 28.0 Å². The molecule has 0 amide bonds. The van der Waals surface area contributed by atoms with Gasteiger partial charge in [0.05, 0.1) is 17.6 Å². The van der Waals surface area contributed by atoms with E-state index in [-0.39, 0.29) is 10.5 Å². The van der Waals surface area contributed by atoms with E-state index in [0.717, 1.165) is 19.3 Å². The van der Waals surface area contributed by atoms with Crippen LogP contribution in [0.1, 0.15) is 36.5 Å². The highest BCUT2D eigenvalue weighted by molar-refractivity contribution is 7.89. The van der Waals surface area contributed by atoms with Crippen molar-refractivity contribution in [3.63, 3.8) is 0 Å². The van der Waals surface area contributed by atoms with Crippen LogP contribution in [0.5, 0.6) is 0 Å². The third-order valence-electron chi connectivity index (χ3n) is 2.82. The van der Waals surface area contributed by atoms with Gasteiger partial charge in [-0.3, -0.25) is 0 Å².